The summed E-state index contributed by atoms with van der Waals surface area (Å²) in [5, 5.41) is 15.2. The summed E-state index contributed by atoms with van der Waals surface area (Å²) in [5.41, 5.74) is 2.11. The Balaban J connectivity index is 2.00. The van der Waals surface area contributed by atoms with Gasteiger partial charge < -0.3 is 5.32 Å². The lowest BCUT2D eigenvalue weighted by Crippen LogP contribution is -2.14. The number of carbonyl (C=O) groups excluding carboxylic acids is 1. The minimum Gasteiger partial charge on any atom is -0.317 e. The van der Waals surface area contributed by atoms with E-state index in [9.17, 15) is 4.79 Å². The van der Waals surface area contributed by atoms with E-state index < -0.39 is 0 Å². The van der Waals surface area contributed by atoms with Gasteiger partial charge in [-0.2, -0.15) is 5.10 Å². The molecule has 0 fully saturated rings. The lowest BCUT2D eigenvalue weighted by molar-refractivity contribution is 0.102. The van der Waals surface area contributed by atoms with Crippen LogP contribution in [-0.4, -0.2) is 30.5 Å². The Morgan fingerprint density at radius 3 is 2.62 bits per heavy atom. The number of benzene rings is 1. The van der Waals surface area contributed by atoms with Gasteiger partial charge in [0.2, 0.25) is 0 Å². The van der Waals surface area contributed by atoms with E-state index in [1.807, 2.05) is 29.8 Å². The Labute approximate surface area is 147 Å². The summed E-state index contributed by atoms with van der Waals surface area (Å²) in [6, 6.07) is 7.30. The molecule has 0 aliphatic rings. The molecule has 0 bridgehead atoms. The average molecular weight is 389 g/mol. The minimum atomic E-state index is -0.198. The van der Waals surface area contributed by atoms with Gasteiger partial charge in [0.1, 0.15) is 18.3 Å². The predicted octanol–water partition coefficient (Wildman–Crippen LogP) is 3.20. The van der Waals surface area contributed by atoms with E-state index in [-0.39, 0.29) is 5.91 Å². The van der Waals surface area contributed by atoms with Crippen molar-refractivity contribution in [2.75, 3.05) is 5.32 Å². The maximum absolute atomic E-state index is 12.7. The van der Waals surface area contributed by atoms with Crippen LogP contribution in [0.5, 0.6) is 0 Å². The fourth-order valence-electron chi connectivity index (χ4n) is 2.42. The molecule has 0 aliphatic carbocycles. The number of hydrogen-bond donors (Lipinski definition) is 1. The molecule has 3 aromatic rings. The Morgan fingerprint density at radius 2 is 1.96 bits per heavy atom. The van der Waals surface area contributed by atoms with Crippen molar-refractivity contribution in [2.24, 2.45) is 0 Å². The number of carbonyl (C=O) groups is 1. The van der Waals surface area contributed by atoms with Gasteiger partial charge >= 0.3 is 0 Å². The highest BCUT2D eigenvalue weighted by Crippen LogP contribution is 2.26. The highest BCUT2D eigenvalue weighted by Gasteiger charge is 2.20. The number of aryl methyl sites for hydroxylation is 1. The van der Waals surface area contributed by atoms with Crippen molar-refractivity contribution in [3.8, 4) is 5.82 Å². The maximum Gasteiger partial charge on any atom is 0.256 e. The number of anilines is 1. The fraction of sp³-hybridized carbons (Fsp3) is 0.250. The van der Waals surface area contributed by atoms with Crippen molar-refractivity contribution in [1.29, 1.82) is 0 Å². The van der Waals surface area contributed by atoms with E-state index in [0.29, 0.717) is 17.1 Å². The molecule has 2 aromatic heterocycles. The second-order valence-corrected chi connectivity index (χ2v) is 6.16. The molecule has 0 unspecified atom stereocenters. The van der Waals surface area contributed by atoms with Crippen LogP contribution in [0.1, 0.15) is 29.4 Å². The van der Waals surface area contributed by atoms with Crippen LogP contribution in [0.4, 0.5) is 5.69 Å². The zero-order valence-corrected chi connectivity index (χ0v) is 15.0. The fourth-order valence-corrected chi connectivity index (χ4v) is 2.89. The third-order valence-corrected chi connectivity index (χ3v) is 4.34. The average Bonchev–Trinajstić information content (AvgIpc) is 3.19. The van der Waals surface area contributed by atoms with Crippen molar-refractivity contribution < 1.29 is 4.79 Å². The first kappa shape index (κ1) is 16.4. The molecule has 1 aromatic carbocycles. The third kappa shape index (κ3) is 3.09. The number of halogens is 1. The Hall–Kier alpha value is -2.48. The molecule has 1 N–H and O–H groups in total. The molecule has 124 valence electrons. The van der Waals surface area contributed by atoms with Gasteiger partial charge in [0, 0.05) is 11.0 Å². The van der Waals surface area contributed by atoms with Gasteiger partial charge in [-0.05, 0) is 41.4 Å². The van der Waals surface area contributed by atoms with E-state index >= 15 is 0 Å². The maximum atomic E-state index is 12.7. The summed E-state index contributed by atoms with van der Waals surface area (Å²) in [7, 11) is 0. The van der Waals surface area contributed by atoms with Crippen molar-refractivity contribution in [1.82, 2.24) is 24.5 Å². The molecule has 0 aliphatic heterocycles. The van der Waals surface area contributed by atoms with Crippen LogP contribution in [0.15, 0.2) is 41.4 Å². The number of amides is 1. The molecule has 8 heteroatoms. The van der Waals surface area contributed by atoms with E-state index in [1.165, 1.54) is 0 Å². The quantitative estimate of drug-likeness (QED) is 0.727. The number of rotatable bonds is 5. The molecule has 2 heterocycles. The van der Waals surface area contributed by atoms with Gasteiger partial charge in [-0.3, -0.25) is 14.0 Å². The summed E-state index contributed by atoms with van der Waals surface area (Å²) in [6.45, 7) is 4.79. The summed E-state index contributed by atoms with van der Waals surface area (Å²) in [4.78, 5) is 12.7. The molecular weight excluding hydrogens is 372 g/mol. The minimum absolute atomic E-state index is 0.198. The van der Waals surface area contributed by atoms with E-state index in [4.69, 9.17) is 0 Å². The molecule has 1 amide bonds. The molecule has 0 saturated carbocycles. The number of hydrogen-bond acceptors (Lipinski definition) is 4. The van der Waals surface area contributed by atoms with Crippen molar-refractivity contribution in [3.05, 3.63) is 52.7 Å². The Kier molecular flexibility index (Phi) is 4.75. The molecule has 7 nitrogen and oxygen atoms in total. The topological polar surface area (TPSA) is 77.6 Å². The van der Waals surface area contributed by atoms with Gasteiger partial charge in [0.25, 0.3) is 5.91 Å². The summed E-state index contributed by atoms with van der Waals surface area (Å²) < 4.78 is 4.31. The molecule has 0 atom stereocenters. The number of aromatic nitrogens is 5. The molecule has 3 rings (SSSR count). The van der Waals surface area contributed by atoms with Crippen LogP contribution in [0, 0.1) is 6.92 Å². The highest BCUT2D eigenvalue weighted by atomic mass is 79.9. The van der Waals surface area contributed by atoms with E-state index in [2.05, 4.69) is 43.5 Å². The number of nitrogens with one attached hydrogen (secondary N) is 1. The summed E-state index contributed by atoms with van der Waals surface area (Å²) >= 11 is 3.41. The smallest absolute Gasteiger partial charge is 0.256 e. The Bertz CT molecular complexity index is 856. The van der Waals surface area contributed by atoms with Gasteiger partial charge in [-0.1, -0.05) is 19.1 Å². The molecule has 0 radical (unpaired) electrons. The predicted molar refractivity (Wildman–Crippen MR) is 94.3 cm³/mol. The van der Waals surface area contributed by atoms with Crippen LogP contribution in [0.2, 0.25) is 0 Å². The second kappa shape index (κ2) is 6.96. The highest BCUT2D eigenvalue weighted by molar-refractivity contribution is 9.10. The van der Waals surface area contributed by atoms with Crippen LogP contribution in [-0.2, 0) is 6.54 Å². The van der Waals surface area contributed by atoms with Gasteiger partial charge in [-0.15, -0.1) is 10.2 Å². The number of nitrogens with zero attached hydrogens (tertiary/aromatic N) is 5. The molecule has 0 saturated heterocycles. The molecule has 24 heavy (non-hydrogen) atoms. The lowest BCUT2D eigenvalue weighted by atomic mass is 10.2. The monoisotopic (exact) mass is 388 g/mol. The lowest BCUT2D eigenvalue weighted by Gasteiger charge is -2.08. The standard InChI is InChI=1S/C16H17BrN6O/c1-3-8-23-11(2)14(15(21-23)22-9-18-19-10-22)20-16(24)12-6-4-5-7-13(12)17/h4-7,9-10H,3,8H2,1-2H3,(H,20,24). The van der Waals surface area contributed by atoms with Crippen molar-refractivity contribution >= 4 is 27.5 Å². The SMILES string of the molecule is CCCn1nc(-n2cnnc2)c(NC(=O)c2ccccc2Br)c1C. The van der Waals surface area contributed by atoms with Crippen LogP contribution in [0.25, 0.3) is 5.82 Å². The largest absolute Gasteiger partial charge is 0.317 e. The third-order valence-electron chi connectivity index (χ3n) is 3.64. The van der Waals surface area contributed by atoms with Crippen LogP contribution in [0.3, 0.4) is 0 Å². The zero-order valence-electron chi connectivity index (χ0n) is 13.4. The first-order valence-electron chi connectivity index (χ1n) is 7.60. The van der Waals surface area contributed by atoms with Gasteiger partial charge in [-0.25, -0.2) is 0 Å². The van der Waals surface area contributed by atoms with Crippen LogP contribution < -0.4 is 5.32 Å². The van der Waals surface area contributed by atoms with E-state index in [1.54, 1.807) is 23.3 Å². The van der Waals surface area contributed by atoms with Crippen LogP contribution >= 0.6 is 15.9 Å². The molecular formula is C16H17BrN6O. The Morgan fingerprint density at radius 1 is 1.25 bits per heavy atom. The second-order valence-electron chi connectivity index (χ2n) is 5.31. The first-order chi connectivity index (χ1) is 11.6. The molecule has 0 spiro atoms. The summed E-state index contributed by atoms with van der Waals surface area (Å²) in [5.74, 6) is 0.405. The normalized spacial score (nSPS) is 10.8. The van der Waals surface area contributed by atoms with E-state index in [0.717, 1.165) is 23.1 Å². The van der Waals surface area contributed by atoms with Crippen molar-refractivity contribution in [3.63, 3.8) is 0 Å². The first-order valence-corrected chi connectivity index (χ1v) is 8.39. The zero-order chi connectivity index (χ0) is 17.1. The van der Waals surface area contributed by atoms with Crippen molar-refractivity contribution in [2.45, 2.75) is 26.8 Å². The van der Waals surface area contributed by atoms with Gasteiger partial charge in [0.15, 0.2) is 5.82 Å². The van der Waals surface area contributed by atoms with Gasteiger partial charge in [0.05, 0.1) is 11.3 Å². The summed E-state index contributed by atoms with van der Waals surface area (Å²) in [6.07, 6.45) is 4.07.